The molecule has 1 aliphatic rings. The van der Waals surface area contributed by atoms with Crippen LogP contribution in [0.1, 0.15) is 24.5 Å². The Labute approximate surface area is 175 Å². The van der Waals surface area contributed by atoms with Gasteiger partial charge in [0.2, 0.25) is 11.8 Å². The third kappa shape index (κ3) is 6.09. The predicted octanol–water partition coefficient (Wildman–Crippen LogP) is 3.47. The lowest BCUT2D eigenvalue weighted by molar-refractivity contribution is -0.118. The summed E-state index contributed by atoms with van der Waals surface area (Å²) in [7, 11) is 1.65. The van der Waals surface area contributed by atoms with E-state index in [-0.39, 0.29) is 23.3 Å². The van der Waals surface area contributed by atoms with Crippen molar-refractivity contribution in [3.63, 3.8) is 0 Å². The van der Waals surface area contributed by atoms with Gasteiger partial charge in [-0.25, -0.2) is 5.43 Å². The number of thioether (sulfide) groups is 1. The Kier molecular flexibility index (Phi) is 7.30. The number of nitrogens with zero attached hydrogens (tertiary/aromatic N) is 1. The lowest BCUT2D eigenvalue weighted by Crippen LogP contribution is -2.26. The van der Waals surface area contributed by atoms with Crippen LogP contribution in [0.3, 0.4) is 0 Å². The molecule has 0 aromatic heterocycles. The maximum Gasteiger partial charge on any atom is 0.250 e. The molecule has 0 saturated heterocycles. The summed E-state index contributed by atoms with van der Waals surface area (Å²) in [4.78, 5) is 24.1. The van der Waals surface area contributed by atoms with Gasteiger partial charge in [-0.2, -0.15) is 5.10 Å². The summed E-state index contributed by atoms with van der Waals surface area (Å²) in [6, 6.07) is 15.2. The average molecular weight is 412 g/mol. The van der Waals surface area contributed by atoms with Crippen molar-refractivity contribution in [1.82, 2.24) is 5.43 Å². The topological polar surface area (TPSA) is 79.8 Å². The molecule has 0 saturated carbocycles. The van der Waals surface area contributed by atoms with E-state index in [1.807, 2.05) is 48.5 Å². The van der Waals surface area contributed by atoms with E-state index in [1.54, 1.807) is 7.11 Å². The summed E-state index contributed by atoms with van der Waals surface area (Å²) in [6.07, 6.45) is 1.78. The van der Waals surface area contributed by atoms with Crippen LogP contribution in [0.4, 0.5) is 5.69 Å². The van der Waals surface area contributed by atoms with Gasteiger partial charge in [0.15, 0.2) is 0 Å². The minimum absolute atomic E-state index is 0.135. The minimum Gasteiger partial charge on any atom is -0.497 e. The molecule has 7 heteroatoms. The summed E-state index contributed by atoms with van der Waals surface area (Å²) in [6.45, 7) is 2.17. The lowest BCUT2D eigenvalue weighted by atomic mass is 9.83. The van der Waals surface area contributed by atoms with Crippen LogP contribution in [0.25, 0.3) is 0 Å². The number of carbonyl (C=O) groups is 2. The van der Waals surface area contributed by atoms with Gasteiger partial charge in [-0.05, 0) is 54.7 Å². The van der Waals surface area contributed by atoms with E-state index in [0.29, 0.717) is 5.92 Å². The van der Waals surface area contributed by atoms with Crippen LogP contribution in [-0.2, 0) is 16.0 Å². The largest absolute Gasteiger partial charge is 0.497 e. The monoisotopic (exact) mass is 411 g/mol. The third-order valence-electron chi connectivity index (χ3n) is 4.57. The Hall–Kier alpha value is -2.80. The molecule has 2 N–H and O–H groups in total. The molecule has 0 spiro atoms. The van der Waals surface area contributed by atoms with E-state index in [9.17, 15) is 9.59 Å². The van der Waals surface area contributed by atoms with Gasteiger partial charge in [-0.3, -0.25) is 9.59 Å². The molecule has 0 radical (unpaired) electrons. The van der Waals surface area contributed by atoms with Crippen molar-refractivity contribution in [1.29, 1.82) is 0 Å². The first-order valence-electron chi connectivity index (χ1n) is 9.50. The van der Waals surface area contributed by atoms with Gasteiger partial charge in [-0.1, -0.05) is 25.1 Å². The van der Waals surface area contributed by atoms with Crippen molar-refractivity contribution in [3.8, 4) is 5.75 Å². The standard InChI is InChI=1S/C22H25N3O3S/c1-15-10-16-12-18(28-2)8-9-19(16)20(11-15)24-25-22(27)14-29-13-21(26)23-17-6-4-3-5-7-17/h3-9,12,15H,10-11,13-14H2,1-2H3,(H,23,26)(H,25,27)/b24-20+. The highest BCUT2D eigenvalue weighted by Crippen LogP contribution is 2.28. The Morgan fingerprint density at radius 2 is 1.86 bits per heavy atom. The van der Waals surface area contributed by atoms with Gasteiger partial charge in [-0.15, -0.1) is 11.8 Å². The maximum atomic E-state index is 12.1. The molecule has 2 aromatic carbocycles. The number of carbonyl (C=O) groups excluding carboxylic acids is 2. The summed E-state index contributed by atoms with van der Waals surface area (Å²) in [5.41, 5.74) is 6.49. The number of benzene rings is 2. The Morgan fingerprint density at radius 1 is 1.10 bits per heavy atom. The zero-order chi connectivity index (χ0) is 20.6. The molecule has 1 atom stereocenters. The van der Waals surface area contributed by atoms with Gasteiger partial charge in [0.1, 0.15) is 5.75 Å². The van der Waals surface area contributed by atoms with Gasteiger partial charge in [0.05, 0.1) is 24.3 Å². The van der Waals surface area contributed by atoms with Crippen molar-refractivity contribution in [3.05, 3.63) is 59.7 Å². The quantitative estimate of drug-likeness (QED) is 0.684. The number of amides is 2. The lowest BCUT2D eigenvalue weighted by Gasteiger charge is -2.23. The number of rotatable bonds is 7. The van der Waals surface area contributed by atoms with Crippen molar-refractivity contribution in [2.24, 2.45) is 11.0 Å². The highest BCUT2D eigenvalue weighted by molar-refractivity contribution is 8.00. The predicted molar refractivity (Wildman–Crippen MR) is 118 cm³/mol. The van der Waals surface area contributed by atoms with Crippen LogP contribution in [0.5, 0.6) is 5.75 Å². The number of anilines is 1. The highest BCUT2D eigenvalue weighted by Gasteiger charge is 2.21. The molecule has 0 bridgehead atoms. The Balaban J connectivity index is 1.50. The van der Waals surface area contributed by atoms with Crippen molar-refractivity contribution in [2.45, 2.75) is 19.8 Å². The summed E-state index contributed by atoms with van der Waals surface area (Å²) in [5.74, 6) is 1.29. The molecule has 0 fully saturated rings. The van der Waals surface area contributed by atoms with Crippen LogP contribution >= 0.6 is 11.8 Å². The average Bonchev–Trinajstić information content (AvgIpc) is 2.72. The number of hydrogen-bond donors (Lipinski definition) is 2. The van der Waals surface area contributed by atoms with Gasteiger partial charge in [0, 0.05) is 11.3 Å². The van der Waals surface area contributed by atoms with Crippen molar-refractivity contribution < 1.29 is 14.3 Å². The van der Waals surface area contributed by atoms with Crippen LogP contribution in [0, 0.1) is 5.92 Å². The fraction of sp³-hybridized carbons (Fsp3) is 0.318. The summed E-state index contributed by atoms with van der Waals surface area (Å²) < 4.78 is 5.30. The van der Waals surface area contributed by atoms with Crippen LogP contribution < -0.4 is 15.5 Å². The highest BCUT2D eigenvalue weighted by atomic mass is 32.2. The number of nitrogens with one attached hydrogen (secondary N) is 2. The summed E-state index contributed by atoms with van der Waals surface area (Å²) in [5, 5.41) is 7.15. The molecule has 0 aliphatic heterocycles. The maximum absolute atomic E-state index is 12.1. The third-order valence-corrected chi connectivity index (χ3v) is 5.51. The van der Waals surface area contributed by atoms with Crippen molar-refractivity contribution >= 4 is 35.0 Å². The van der Waals surface area contributed by atoms with Crippen LogP contribution in [0.15, 0.2) is 53.6 Å². The zero-order valence-electron chi connectivity index (χ0n) is 16.6. The summed E-state index contributed by atoms with van der Waals surface area (Å²) >= 11 is 1.26. The second-order valence-corrected chi connectivity index (χ2v) is 8.02. The smallest absolute Gasteiger partial charge is 0.250 e. The second-order valence-electron chi connectivity index (χ2n) is 7.04. The fourth-order valence-corrected chi connectivity index (χ4v) is 3.87. The number of hydrazone groups is 1. The first-order chi connectivity index (χ1) is 14.0. The molecule has 152 valence electrons. The second kappa shape index (κ2) is 10.1. The van der Waals surface area contributed by atoms with Crippen molar-refractivity contribution in [2.75, 3.05) is 23.9 Å². The molecule has 1 aliphatic carbocycles. The van der Waals surface area contributed by atoms with E-state index >= 15 is 0 Å². The number of ether oxygens (including phenoxy) is 1. The van der Waals surface area contributed by atoms with E-state index in [2.05, 4.69) is 22.8 Å². The first-order valence-corrected chi connectivity index (χ1v) is 10.7. The molecule has 2 aromatic rings. The molecule has 2 amide bonds. The van der Waals surface area contributed by atoms with Crippen LogP contribution in [0.2, 0.25) is 0 Å². The van der Waals surface area contributed by atoms with E-state index in [4.69, 9.17) is 4.74 Å². The molecule has 3 rings (SSSR count). The zero-order valence-corrected chi connectivity index (χ0v) is 17.4. The number of hydrogen-bond acceptors (Lipinski definition) is 5. The van der Waals surface area contributed by atoms with Gasteiger partial charge in [0.25, 0.3) is 0 Å². The number of methoxy groups -OCH3 is 1. The molecule has 1 unspecified atom stereocenters. The molecular formula is C22H25N3O3S. The normalized spacial score (nSPS) is 16.8. The van der Waals surface area contributed by atoms with E-state index < -0.39 is 0 Å². The minimum atomic E-state index is -0.219. The fourth-order valence-electron chi connectivity index (χ4n) is 3.26. The van der Waals surface area contributed by atoms with E-state index in [1.165, 1.54) is 17.3 Å². The van der Waals surface area contributed by atoms with E-state index in [0.717, 1.165) is 35.6 Å². The molecular weight excluding hydrogens is 386 g/mol. The number of para-hydroxylation sites is 1. The number of fused-ring (bicyclic) bond motifs is 1. The molecule has 0 heterocycles. The Bertz CT molecular complexity index is 899. The molecule has 29 heavy (non-hydrogen) atoms. The first kappa shape index (κ1) is 20.9. The van der Waals surface area contributed by atoms with Gasteiger partial charge < -0.3 is 10.1 Å². The van der Waals surface area contributed by atoms with Crippen LogP contribution in [-0.4, -0.2) is 36.1 Å². The SMILES string of the molecule is COc1ccc2c(c1)CC(C)C/C2=N\NC(=O)CSCC(=O)Nc1ccccc1. The Morgan fingerprint density at radius 3 is 2.62 bits per heavy atom. The van der Waals surface area contributed by atoms with Gasteiger partial charge >= 0.3 is 0 Å². The molecule has 6 nitrogen and oxygen atoms in total.